The molecular weight excluding hydrogens is 286 g/mol. The van der Waals surface area contributed by atoms with Gasteiger partial charge in [0, 0.05) is 21.0 Å². The Morgan fingerprint density at radius 1 is 1.18 bits per heavy atom. The number of piperidine rings is 1. The number of benzene rings is 1. The van der Waals surface area contributed by atoms with Gasteiger partial charge in [-0.15, -0.1) is 0 Å². The average molecular weight is 312 g/mol. The third kappa shape index (κ3) is 4.04. The Morgan fingerprint density at radius 3 is 2.50 bits per heavy atom. The van der Waals surface area contributed by atoms with Crippen molar-refractivity contribution in [1.29, 1.82) is 0 Å². The molecule has 0 spiro atoms. The van der Waals surface area contributed by atoms with E-state index in [1.54, 1.807) is 0 Å². The second-order valence-corrected chi connectivity index (χ2v) is 5.69. The van der Waals surface area contributed by atoms with Crippen molar-refractivity contribution in [2.24, 2.45) is 0 Å². The average Bonchev–Trinajstić information content (AvgIpc) is 2.53. The fourth-order valence-electron chi connectivity index (χ4n) is 2.86. The van der Waals surface area contributed by atoms with Crippen LogP contribution in [0, 0.1) is 0 Å². The summed E-state index contributed by atoms with van der Waals surface area (Å²) >= 11 is 0. The van der Waals surface area contributed by atoms with Gasteiger partial charge in [-0.1, -0.05) is 30.3 Å². The van der Waals surface area contributed by atoms with Gasteiger partial charge >= 0.3 is 0 Å². The summed E-state index contributed by atoms with van der Waals surface area (Å²) in [7, 11) is 0. The van der Waals surface area contributed by atoms with E-state index in [4.69, 9.17) is 6.48 Å². The van der Waals surface area contributed by atoms with Crippen molar-refractivity contribution < 1.29 is 26.9 Å². The minimum absolute atomic E-state index is 0.0214. The van der Waals surface area contributed by atoms with Gasteiger partial charge in [0.2, 0.25) is 0 Å². The topological polar surface area (TPSA) is 104 Å². The van der Waals surface area contributed by atoms with Crippen molar-refractivity contribution in [3.8, 4) is 0 Å². The van der Waals surface area contributed by atoms with Crippen molar-refractivity contribution >= 4 is 0 Å². The molecule has 0 aliphatic carbocycles. The number of aliphatic hydroxyl groups is 5. The number of aryl methyl sites for hydroxylation is 1. The lowest BCUT2D eigenvalue weighted by Gasteiger charge is -2.45. The molecule has 6 nitrogen and oxygen atoms in total. The molecule has 5 N–H and O–H groups in total. The smallest absolute Gasteiger partial charge is 0.109 e. The summed E-state index contributed by atoms with van der Waals surface area (Å²) in [6, 6.07) is 8.46. The Morgan fingerprint density at radius 2 is 1.86 bits per heavy atom. The van der Waals surface area contributed by atoms with E-state index in [1.165, 1.54) is 4.90 Å². The van der Waals surface area contributed by atoms with Crippen LogP contribution in [0.5, 0.6) is 0 Å². The summed E-state index contributed by atoms with van der Waals surface area (Å²) < 4.78 is 8.35. The van der Waals surface area contributed by atoms with Crippen LogP contribution >= 0.6 is 0 Å². The first kappa shape index (κ1) is 15.9. The Hall–Kier alpha value is -1.02. The fraction of sp³-hybridized carbons (Fsp3) is 0.625. The molecule has 0 aromatic heterocycles. The molecule has 1 heterocycles. The number of nitrogens with zero attached hydrogens (tertiary/aromatic N) is 1. The Bertz CT molecular complexity index is 477. The number of likely N-dealkylation sites (tertiary alicyclic amines) is 1. The fourth-order valence-corrected chi connectivity index (χ4v) is 2.86. The molecule has 6 heteroatoms. The zero-order chi connectivity index (χ0) is 17.0. The van der Waals surface area contributed by atoms with Gasteiger partial charge in [-0.05, 0) is 18.4 Å². The highest BCUT2D eigenvalue weighted by atomic mass is 16.4. The van der Waals surface area contributed by atoms with E-state index in [0.29, 0.717) is 6.42 Å². The molecule has 2 rings (SSSR count). The van der Waals surface area contributed by atoms with E-state index in [-0.39, 0.29) is 19.6 Å². The summed E-state index contributed by atoms with van der Waals surface area (Å²) in [5.41, 5.74) is 0.929. The highest BCUT2D eigenvalue weighted by Gasteiger charge is 2.44. The van der Waals surface area contributed by atoms with Crippen LogP contribution in [0.1, 0.15) is 13.4 Å². The Labute approximate surface area is 131 Å². The van der Waals surface area contributed by atoms with Gasteiger partial charge in [0.25, 0.3) is 0 Å². The molecule has 1 unspecified atom stereocenters. The molecular formula is C16H25NO5. The van der Waals surface area contributed by atoms with Gasteiger partial charge < -0.3 is 25.5 Å². The Kier molecular flexibility index (Phi) is 5.77. The molecule has 1 fully saturated rings. The maximum absolute atomic E-state index is 10.2. The molecule has 1 saturated heterocycles. The third-order valence-electron chi connectivity index (χ3n) is 4.10. The van der Waals surface area contributed by atoms with E-state index in [2.05, 4.69) is 0 Å². The van der Waals surface area contributed by atoms with Crippen LogP contribution in [0.3, 0.4) is 0 Å². The van der Waals surface area contributed by atoms with Crippen molar-refractivity contribution in [3.05, 3.63) is 35.9 Å². The first-order valence-electron chi connectivity index (χ1n) is 8.08. The van der Waals surface area contributed by atoms with Gasteiger partial charge in [0.15, 0.2) is 0 Å². The number of hydrogen-bond donors (Lipinski definition) is 5. The van der Waals surface area contributed by atoms with Crippen molar-refractivity contribution in [2.45, 2.75) is 43.3 Å². The standard InChI is InChI=1S/C16H25NO5/c18-9-7-12(19)14-16(22)15(21)13(20)10-17(14)8-6-11-4-2-1-3-5-11/h1-5,12-16,18-22H,6-10H2/t12-,13+,14+,15+,16-/m1/s1/i8D/t8?,12-,13+,14+,15+,16-. The number of aliphatic hydroxyl groups excluding tert-OH is 5. The highest BCUT2D eigenvalue weighted by molar-refractivity contribution is 5.15. The van der Waals surface area contributed by atoms with E-state index >= 15 is 0 Å². The first-order chi connectivity index (χ1) is 11.0. The normalized spacial score (nSPS) is 33.2. The van der Waals surface area contributed by atoms with Gasteiger partial charge in [-0.2, -0.15) is 0 Å². The quantitative estimate of drug-likeness (QED) is 0.449. The minimum atomic E-state index is -1.39. The van der Waals surface area contributed by atoms with Gasteiger partial charge in [-0.3, -0.25) is 4.90 Å². The minimum Gasteiger partial charge on any atom is -0.396 e. The SMILES string of the molecule is [2H]C(Cc1ccccc1)N1C[C@H](O)[C@H](O)[C@H](O)[C@@H]1[C@H](O)CCO. The lowest BCUT2D eigenvalue weighted by molar-refractivity contribution is -0.160. The summed E-state index contributed by atoms with van der Waals surface area (Å²) in [6.45, 7) is -1.09. The van der Waals surface area contributed by atoms with Crippen LogP contribution in [0.2, 0.25) is 0 Å². The predicted octanol–water partition coefficient (Wildman–Crippen LogP) is -1.26. The first-order valence-corrected chi connectivity index (χ1v) is 7.50. The molecule has 0 bridgehead atoms. The van der Waals surface area contributed by atoms with Gasteiger partial charge in [-0.25, -0.2) is 0 Å². The van der Waals surface area contributed by atoms with Crippen molar-refractivity contribution in [1.82, 2.24) is 4.90 Å². The predicted molar refractivity (Wildman–Crippen MR) is 81.2 cm³/mol. The molecule has 0 amide bonds. The summed E-state index contributed by atoms with van der Waals surface area (Å²) in [6.07, 6.45) is -4.66. The molecule has 124 valence electrons. The molecule has 22 heavy (non-hydrogen) atoms. The Balaban J connectivity index is 2.17. The van der Waals surface area contributed by atoms with Crippen LogP contribution in [0.15, 0.2) is 30.3 Å². The van der Waals surface area contributed by atoms with Crippen LogP contribution in [0.4, 0.5) is 0 Å². The number of β-amino-alcohol motifs (C(OH)–C–C–N with tert-alkyl or cyclic N) is 1. The van der Waals surface area contributed by atoms with Crippen molar-refractivity contribution in [2.75, 3.05) is 19.7 Å². The maximum Gasteiger partial charge on any atom is 0.109 e. The zero-order valence-electron chi connectivity index (χ0n) is 13.4. The largest absolute Gasteiger partial charge is 0.396 e. The molecule has 6 atom stereocenters. The number of hydrogen-bond acceptors (Lipinski definition) is 6. The van der Waals surface area contributed by atoms with E-state index in [0.717, 1.165) is 5.56 Å². The van der Waals surface area contributed by atoms with Crippen molar-refractivity contribution in [3.63, 3.8) is 0 Å². The van der Waals surface area contributed by atoms with Gasteiger partial charge in [0.05, 0.1) is 18.2 Å². The number of rotatable bonds is 6. The second-order valence-electron chi connectivity index (χ2n) is 5.69. The lowest BCUT2D eigenvalue weighted by atomic mass is 9.89. The summed E-state index contributed by atoms with van der Waals surface area (Å²) in [5, 5.41) is 49.2. The van der Waals surface area contributed by atoms with E-state index < -0.39 is 37.0 Å². The zero-order valence-corrected chi connectivity index (χ0v) is 12.4. The summed E-state index contributed by atoms with van der Waals surface area (Å²) in [4.78, 5) is 1.50. The second kappa shape index (κ2) is 8.01. The van der Waals surface area contributed by atoms with E-state index in [9.17, 15) is 20.4 Å². The van der Waals surface area contributed by atoms with E-state index in [1.807, 2.05) is 30.3 Å². The molecule has 1 aliphatic rings. The molecule has 1 aromatic carbocycles. The molecule has 0 radical (unpaired) electrons. The van der Waals surface area contributed by atoms with Crippen LogP contribution < -0.4 is 0 Å². The van der Waals surface area contributed by atoms with Crippen LogP contribution in [-0.4, -0.2) is 80.6 Å². The third-order valence-corrected chi connectivity index (χ3v) is 4.10. The molecule has 1 aliphatic heterocycles. The lowest BCUT2D eigenvalue weighted by Crippen LogP contribution is -2.65. The van der Waals surface area contributed by atoms with Crippen LogP contribution in [0.25, 0.3) is 0 Å². The maximum atomic E-state index is 10.2. The molecule has 0 saturated carbocycles. The van der Waals surface area contributed by atoms with Crippen LogP contribution in [-0.2, 0) is 6.42 Å². The highest BCUT2D eigenvalue weighted by Crippen LogP contribution is 2.23. The molecule has 1 aromatic rings. The monoisotopic (exact) mass is 312 g/mol. The summed E-state index contributed by atoms with van der Waals surface area (Å²) in [5.74, 6) is 0. The van der Waals surface area contributed by atoms with Gasteiger partial charge in [0.1, 0.15) is 12.2 Å².